The Morgan fingerprint density at radius 2 is 1.74 bits per heavy atom. The van der Waals surface area contributed by atoms with Crippen molar-refractivity contribution in [3.63, 3.8) is 0 Å². The van der Waals surface area contributed by atoms with Crippen molar-refractivity contribution >= 4 is 35.3 Å². The van der Waals surface area contributed by atoms with E-state index in [1.807, 2.05) is 31.3 Å². The number of nitrogens with one attached hydrogen (secondary N) is 1. The average Bonchev–Trinajstić information content (AvgIpc) is 2.98. The number of benzene rings is 2. The maximum absolute atomic E-state index is 13.3. The van der Waals surface area contributed by atoms with Crippen LogP contribution in [0.2, 0.25) is 0 Å². The first kappa shape index (κ1) is 21.8. The van der Waals surface area contributed by atoms with E-state index in [1.54, 1.807) is 44.2 Å². The van der Waals surface area contributed by atoms with Gasteiger partial charge in [-0.15, -0.1) is 0 Å². The van der Waals surface area contributed by atoms with Crippen LogP contribution in [0.4, 0.5) is 11.4 Å². The van der Waals surface area contributed by atoms with Crippen LogP contribution in [-0.2, 0) is 25.5 Å². The maximum atomic E-state index is 13.3. The summed E-state index contributed by atoms with van der Waals surface area (Å²) in [5.74, 6) is -1.83. The third-order valence-electron chi connectivity index (χ3n) is 4.94. The zero-order chi connectivity index (χ0) is 22.5. The first-order chi connectivity index (χ1) is 14.8. The summed E-state index contributed by atoms with van der Waals surface area (Å²) in [5, 5.41) is 12.0. The topological polar surface area (TPSA) is 95.9 Å². The van der Waals surface area contributed by atoms with Gasteiger partial charge in [-0.2, -0.15) is 0 Å². The summed E-state index contributed by atoms with van der Waals surface area (Å²) in [6.45, 7) is 3.60. The molecule has 1 amide bonds. The highest BCUT2D eigenvalue weighted by molar-refractivity contribution is 6.23. The molecule has 1 heterocycles. The van der Waals surface area contributed by atoms with Gasteiger partial charge in [0, 0.05) is 24.1 Å². The van der Waals surface area contributed by atoms with E-state index in [1.165, 1.54) is 4.90 Å². The number of carbonyl (C=O) groups excluding carboxylic acids is 2. The van der Waals surface area contributed by atoms with Gasteiger partial charge in [-0.25, -0.2) is 4.79 Å². The Hall–Kier alpha value is -3.87. The minimum atomic E-state index is -0.930. The number of ether oxygens (including phenoxy) is 1. The molecule has 2 aromatic carbocycles. The molecular formula is C24H24N2O5. The van der Waals surface area contributed by atoms with E-state index in [0.717, 1.165) is 11.3 Å². The zero-order valence-corrected chi connectivity index (χ0v) is 17.6. The molecule has 0 saturated carbocycles. The second-order valence-corrected chi connectivity index (χ2v) is 6.99. The highest BCUT2D eigenvalue weighted by Crippen LogP contribution is 2.35. The lowest BCUT2D eigenvalue weighted by atomic mass is 10.0. The zero-order valence-electron chi connectivity index (χ0n) is 17.6. The van der Waals surface area contributed by atoms with Gasteiger partial charge in [0.15, 0.2) is 0 Å². The number of rotatable bonds is 7. The molecule has 0 spiro atoms. The molecule has 1 aliphatic heterocycles. The predicted molar refractivity (Wildman–Crippen MR) is 119 cm³/mol. The van der Waals surface area contributed by atoms with E-state index < -0.39 is 11.9 Å². The van der Waals surface area contributed by atoms with Crippen LogP contribution >= 0.6 is 0 Å². The largest absolute Gasteiger partial charge is 0.481 e. The summed E-state index contributed by atoms with van der Waals surface area (Å²) in [5.41, 5.74) is 3.81. The number of nitrogens with zero attached hydrogens (tertiary/aromatic N) is 1. The van der Waals surface area contributed by atoms with Gasteiger partial charge in [-0.3, -0.25) is 14.5 Å². The number of amides is 1. The highest BCUT2D eigenvalue weighted by atomic mass is 16.5. The van der Waals surface area contributed by atoms with E-state index >= 15 is 0 Å². The van der Waals surface area contributed by atoms with E-state index in [-0.39, 0.29) is 30.1 Å². The van der Waals surface area contributed by atoms with Crippen molar-refractivity contribution in [2.45, 2.75) is 20.3 Å². The number of aliphatic carboxylic acids is 1. The lowest BCUT2D eigenvalue weighted by Gasteiger charge is -2.18. The van der Waals surface area contributed by atoms with Crippen molar-refractivity contribution in [3.05, 3.63) is 76.5 Å². The standard InChI is InChI=1S/C24H24N2O5/c1-4-31-24(30)22-15(2)26(19-11-7-17(8-12-19)14-21(27)28)23(29)20(22)13-16-5-9-18(25-3)10-6-16/h5-13,25H,4,14H2,1-3H3,(H,27,28)/b20-13-. The van der Waals surface area contributed by atoms with Crippen LogP contribution in [0.1, 0.15) is 25.0 Å². The number of anilines is 2. The van der Waals surface area contributed by atoms with Gasteiger partial charge in [0.2, 0.25) is 0 Å². The molecule has 3 rings (SSSR count). The molecule has 1 aliphatic rings. The molecule has 0 radical (unpaired) electrons. The molecule has 0 saturated heterocycles. The summed E-state index contributed by atoms with van der Waals surface area (Å²) in [6, 6.07) is 14.1. The Morgan fingerprint density at radius 3 is 2.29 bits per heavy atom. The molecule has 0 aromatic heterocycles. The Balaban J connectivity index is 2.03. The van der Waals surface area contributed by atoms with Gasteiger partial charge in [0.05, 0.1) is 24.2 Å². The minimum absolute atomic E-state index is 0.106. The number of carbonyl (C=O) groups is 3. The number of hydrogen-bond donors (Lipinski definition) is 2. The summed E-state index contributed by atoms with van der Waals surface area (Å²) < 4.78 is 5.20. The van der Waals surface area contributed by atoms with Crippen LogP contribution < -0.4 is 10.2 Å². The maximum Gasteiger partial charge on any atom is 0.340 e. The van der Waals surface area contributed by atoms with E-state index in [9.17, 15) is 14.4 Å². The van der Waals surface area contributed by atoms with Crippen molar-refractivity contribution in [2.75, 3.05) is 23.9 Å². The molecule has 31 heavy (non-hydrogen) atoms. The minimum Gasteiger partial charge on any atom is -0.481 e. The molecule has 2 N–H and O–H groups in total. The average molecular weight is 420 g/mol. The van der Waals surface area contributed by atoms with Crippen molar-refractivity contribution < 1.29 is 24.2 Å². The van der Waals surface area contributed by atoms with Crippen molar-refractivity contribution in [3.8, 4) is 0 Å². The van der Waals surface area contributed by atoms with Gasteiger partial charge in [0.25, 0.3) is 5.91 Å². The second kappa shape index (κ2) is 9.30. The van der Waals surface area contributed by atoms with Crippen LogP contribution in [0.25, 0.3) is 6.08 Å². The Morgan fingerprint density at radius 1 is 1.10 bits per heavy atom. The quantitative estimate of drug-likeness (QED) is 0.525. The molecule has 7 heteroatoms. The van der Waals surface area contributed by atoms with Crippen molar-refractivity contribution in [2.24, 2.45) is 0 Å². The summed E-state index contributed by atoms with van der Waals surface area (Å²) in [6.07, 6.45) is 1.57. The summed E-state index contributed by atoms with van der Waals surface area (Å²) in [7, 11) is 1.82. The SMILES string of the molecule is CCOC(=O)C1=C(C)N(c2ccc(CC(=O)O)cc2)C(=O)/C1=C\c1ccc(NC)cc1. The molecular weight excluding hydrogens is 396 g/mol. The fourth-order valence-electron chi connectivity index (χ4n) is 3.44. The smallest absolute Gasteiger partial charge is 0.340 e. The fraction of sp³-hybridized carbons (Fsp3) is 0.208. The fourth-order valence-corrected chi connectivity index (χ4v) is 3.44. The third-order valence-corrected chi connectivity index (χ3v) is 4.94. The molecule has 7 nitrogen and oxygen atoms in total. The molecule has 0 fully saturated rings. The second-order valence-electron chi connectivity index (χ2n) is 6.99. The predicted octanol–water partition coefficient (Wildman–Crippen LogP) is 3.62. The number of esters is 1. The first-order valence-corrected chi connectivity index (χ1v) is 9.88. The number of hydrogen-bond acceptors (Lipinski definition) is 5. The van der Waals surface area contributed by atoms with Crippen LogP contribution in [0.3, 0.4) is 0 Å². The van der Waals surface area contributed by atoms with Crippen molar-refractivity contribution in [1.82, 2.24) is 0 Å². The van der Waals surface area contributed by atoms with E-state index in [0.29, 0.717) is 16.9 Å². The van der Waals surface area contributed by atoms with E-state index in [4.69, 9.17) is 9.84 Å². The third kappa shape index (κ3) is 4.66. The van der Waals surface area contributed by atoms with Gasteiger partial charge < -0.3 is 15.2 Å². The molecule has 0 atom stereocenters. The van der Waals surface area contributed by atoms with E-state index in [2.05, 4.69) is 5.32 Å². The number of carboxylic acid groups (broad SMARTS) is 1. The number of carboxylic acids is 1. The van der Waals surface area contributed by atoms with Gasteiger partial charge >= 0.3 is 11.9 Å². The lowest BCUT2D eigenvalue weighted by Crippen LogP contribution is -2.24. The Kier molecular flexibility index (Phi) is 6.55. The molecule has 0 aliphatic carbocycles. The monoisotopic (exact) mass is 420 g/mol. The summed E-state index contributed by atoms with van der Waals surface area (Å²) in [4.78, 5) is 38.4. The highest BCUT2D eigenvalue weighted by Gasteiger charge is 2.38. The van der Waals surface area contributed by atoms with Gasteiger partial charge in [-0.1, -0.05) is 24.3 Å². The summed E-state index contributed by atoms with van der Waals surface area (Å²) >= 11 is 0. The Bertz CT molecular complexity index is 1070. The molecule has 160 valence electrons. The molecule has 2 aromatic rings. The molecule has 0 bridgehead atoms. The van der Waals surface area contributed by atoms with Crippen LogP contribution in [0.15, 0.2) is 65.4 Å². The normalized spacial score (nSPS) is 14.9. The van der Waals surface area contributed by atoms with Gasteiger partial charge in [-0.05, 0) is 55.3 Å². The van der Waals surface area contributed by atoms with Gasteiger partial charge in [0.1, 0.15) is 0 Å². The molecule has 0 unspecified atom stereocenters. The van der Waals surface area contributed by atoms with Crippen molar-refractivity contribution in [1.29, 1.82) is 0 Å². The number of allylic oxidation sites excluding steroid dienone is 1. The van der Waals surface area contributed by atoms with Crippen LogP contribution in [0.5, 0.6) is 0 Å². The lowest BCUT2D eigenvalue weighted by molar-refractivity contribution is -0.138. The van der Waals surface area contributed by atoms with Crippen LogP contribution in [0, 0.1) is 0 Å². The Labute approximate surface area is 180 Å². The first-order valence-electron chi connectivity index (χ1n) is 9.88. The van der Waals surface area contributed by atoms with Crippen LogP contribution in [-0.4, -0.2) is 36.6 Å².